The fourth-order valence-corrected chi connectivity index (χ4v) is 1.64. The van der Waals surface area contributed by atoms with Crippen molar-refractivity contribution in [1.82, 2.24) is 5.43 Å². The minimum absolute atomic E-state index is 0.434. The summed E-state index contributed by atoms with van der Waals surface area (Å²) < 4.78 is 5.34. The third kappa shape index (κ3) is 4.22. The standard InChI is InChI=1S/C14H15N3OS/c1-10-3-6-12(7-4-10)16-14(19)17-15-9-13-8-5-11(2)18-13/h3-9H,1-2H3,(H2,16,17,19). The highest BCUT2D eigenvalue weighted by atomic mass is 32.1. The molecule has 0 aliphatic carbocycles. The molecule has 98 valence electrons. The molecule has 4 nitrogen and oxygen atoms in total. The summed E-state index contributed by atoms with van der Waals surface area (Å²) in [5, 5.41) is 7.47. The number of hydrogen-bond donors (Lipinski definition) is 2. The van der Waals surface area contributed by atoms with Gasteiger partial charge in [-0.15, -0.1) is 0 Å². The first kappa shape index (κ1) is 13.3. The van der Waals surface area contributed by atoms with Crippen LogP contribution >= 0.6 is 12.2 Å². The van der Waals surface area contributed by atoms with Crippen LogP contribution < -0.4 is 10.7 Å². The third-order valence-corrected chi connectivity index (χ3v) is 2.62. The van der Waals surface area contributed by atoms with Crippen LogP contribution in [0.2, 0.25) is 0 Å². The largest absolute Gasteiger partial charge is 0.460 e. The van der Waals surface area contributed by atoms with Crippen LogP contribution in [0.1, 0.15) is 17.1 Å². The summed E-state index contributed by atoms with van der Waals surface area (Å²) >= 11 is 5.12. The van der Waals surface area contributed by atoms with Crippen molar-refractivity contribution in [3.05, 3.63) is 53.5 Å². The number of rotatable bonds is 3. The summed E-state index contributed by atoms with van der Waals surface area (Å²) in [7, 11) is 0. The van der Waals surface area contributed by atoms with Crippen LogP contribution in [0.3, 0.4) is 0 Å². The Morgan fingerprint density at radius 2 is 1.89 bits per heavy atom. The zero-order chi connectivity index (χ0) is 13.7. The zero-order valence-electron chi connectivity index (χ0n) is 10.8. The predicted octanol–water partition coefficient (Wildman–Crippen LogP) is 3.22. The average Bonchev–Trinajstić information content (AvgIpc) is 2.78. The van der Waals surface area contributed by atoms with Gasteiger partial charge < -0.3 is 9.73 Å². The molecule has 0 fully saturated rings. The molecular formula is C14H15N3OS. The topological polar surface area (TPSA) is 49.6 Å². The molecule has 1 heterocycles. The van der Waals surface area contributed by atoms with Gasteiger partial charge in [0.05, 0.1) is 6.21 Å². The van der Waals surface area contributed by atoms with E-state index in [1.54, 1.807) is 6.21 Å². The summed E-state index contributed by atoms with van der Waals surface area (Å²) in [5.74, 6) is 1.53. The van der Waals surface area contributed by atoms with Gasteiger partial charge in [0, 0.05) is 5.69 Å². The molecular weight excluding hydrogens is 258 g/mol. The summed E-state index contributed by atoms with van der Waals surface area (Å²) in [6, 6.07) is 11.7. The highest BCUT2D eigenvalue weighted by Gasteiger charge is 1.96. The van der Waals surface area contributed by atoms with E-state index in [-0.39, 0.29) is 0 Å². The molecule has 0 aliphatic heterocycles. The lowest BCUT2D eigenvalue weighted by atomic mass is 10.2. The van der Waals surface area contributed by atoms with E-state index >= 15 is 0 Å². The van der Waals surface area contributed by atoms with Crippen molar-refractivity contribution in [2.24, 2.45) is 5.10 Å². The molecule has 5 heteroatoms. The minimum Gasteiger partial charge on any atom is -0.460 e. The highest BCUT2D eigenvalue weighted by molar-refractivity contribution is 7.80. The Labute approximate surface area is 117 Å². The normalized spacial score (nSPS) is 10.6. The molecule has 0 aliphatic rings. The maximum atomic E-state index is 5.34. The van der Waals surface area contributed by atoms with Gasteiger partial charge in [-0.2, -0.15) is 5.10 Å². The van der Waals surface area contributed by atoms with E-state index in [4.69, 9.17) is 16.6 Å². The molecule has 0 bridgehead atoms. The third-order valence-electron chi connectivity index (χ3n) is 2.43. The quantitative estimate of drug-likeness (QED) is 0.512. The van der Waals surface area contributed by atoms with Crippen LogP contribution in [0.15, 0.2) is 45.9 Å². The fraction of sp³-hybridized carbons (Fsp3) is 0.143. The van der Waals surface area contributed by atoms with E-state index < -0.39 is 0 Å². The van der Waals surface area contributed by atoms with E-state index in [0.29, 0.717) is 10.9 Å². The predicted molar refractivity (Wildman–Crippen MR) is 81.6 cm³/mol. The Balaban J connectivity index is 1.84. The Morgan fingerprint density at radius 1 is 1.16 bits per heavy atom. The molecule has 1 aromatic heterocycles. The van der Waals surface area contributed by atoms with Gasteiger partial charge in [0.25, 0.3) is 0 Å². The molecule has 0 saturated heterocycles. The minimum atomic E-state index is 0.434. The lowest BCUT2D eigenvalue weighted by Crippen LogP contribution is -2.23. The fourth-order valence-electron chi connectivity index (χ4n) is 1.47. The second-order valence-electron chi connectivity index (χ2n) is 4.14. The first-order valence-electron chi connectivity index (χ1n) is 5.86. The van der Waals surface area contributed by atoms with Crippen LogP contribution in [0.5, 0.6) is 0 Å². The van der Waals surface area contributed by atoms with E-state index in [2.05, 4.69) is 15.8 Å². The Bertz CT molecular complexity index is 587. The molecule has 0 radical (unpaired) electrons. The number of nitrogens with one attached hydrogen (secondary N) is 2. The SMILES string of the molecule is Cc1ccc(NC(=S)NN=Cc2ccc(C)o2)cc1. The van der Waals surface area contributed by atoms with Crippen molar-refractivity contribution in [3.63, 3.8) is 0 Å². The number of thiocarbonyl (C=S) groups is 1. The summed E-state index contributed by atoms with van der Waals surface area (Å²) in [6.45, 7) is 3.92. The zero-order valence-corrected chi connectivity index (χ0v) is 11.6. The van der Waals surface area contributed by atoms with Crippen molar-refractivity contribution in [1.29, 1.82) is 0 Å². The Hall–Kier alpha value is -2.14. The molecule has 0 unspecified atom stereocenters. The van der Waals surface area contributed by atoms with Crippen LogP contribution in [0.4, 0.5) is 5.69 Å². The maximum absolute atomic E-state index is 5.34. The summed E-state index contributed by atoms with van der Waals surface area (Å²) in [4.78, 5) is 0. The van der Waals surface area contributed by atoms with Gasteiger partial charge in [-0.05, 0) is 50.3 Å². The number of hydrazone groups is 1. The van der Waals surface area contributed by atoms with Gasteiger partial charge in [-0.25, -0.2) is 0 Å². The van der Waals surface area contributed by atoms with Crippen LogP contribution in [0, 0.1) is 13.8 Å². The van der Waals surface area contributed by atoms with Crippen LogP contribution in [0.25, 0.3) is 0 Å². The van der Waals surface area contributed by atoms with Crippen LogP contribution in [-0.4, -0.2) is 11.3 Å². The molecule has 2 N–H and O–H groups in total. The summed E-state index contributed by atoms with van der Waals surface area (Å²) in [6.07, 6.45) is 1.58. The van der Waals surface area contributed by atoms with Gasteiger partial charge in [0.1, 0.15) is 11.5 Å². The second-order valence-corrected chi connectivity index (χ2v) is 4.55. The Kier molecular flexibility index (Phi) is 4.30. The van der Waals surface area contributed by atoms with Gasteiger partial charge in [0.2, 0.25) is 0 Å². The van der Waals surface area contributed by atoms with Crippen molar-refractivity contribution in [2.75, 3.05) is 5.32 Å². The van der Waals surface area contributed by atoms with Crippen molar-refractivity contribution >= 4 is 29.2 Å². The second kappa shape index (κ2) is 6.15. The van der Waals surface area contributed by atoms with E-state index in [0.717, 1.165) is 11.4 Å². The highest BCUT2D eigenvalue weighted by Crippen LogP contribution is 2.08. The van der Waals surface area contributed by atoms with Crippen molar-refractivity contribution in [3.8, 4) is 0 Å². The molecule has 0 amide bonds. The first-order chi connectivity index (χ1) is 9.13. The maximum Gasteiger partial charge on any atom is 0.191 e. The van der Waals surface area contributed by atoms with E-state index in [1.165, 1.54) is 5.56 Å². The lowest BCUT2D eigenvalue weighted by Gasteiger charge is -2.06. The van der Waals surface area contributed by atoms with Gasteiger partial charge in [-0.1, -0.05) is 17.7 Å². The van der Waals surface area contributed by atoms with E-state index in [9.17, 15) is 0 Å². The van der Waals surface area contributed by atoms with Gasteiger partial charge >= 0.3 is 0 Å². The first-order valence-corrected chi connectivity index (χ1v) is 6.27. The van der Waals surface area contributed by atoms with Crippen molar-refractivity contribution < 1.29 is 4.42 Å². The molecule has 2 aromatic rings. The molecule has 1 aromatic carbocycles. The molecule has 0 atom stereocenters. The molecule has 2 rings (SSSR count). The smallest absolute Gasteiger partial charge is 0.191 e. The van der Waals surface area contributed by atoms with Gasteiger partial charge in [0.15, 0.2) is 5.11 Å². The molecule has 19 heavy (non-hydrogen) atoms. The van der Waals surface area contributed by atoms with Crippen molar-refractivity contribution in [2.45, 2.75) is 13.8 Å². The number of anilines is 1. The number of benzene rings is 1. The molecule has 0 saturated carbocycles. The molecule has 0 spiro atoms. The number of hydrogen-bond acceptors (Lipinski definition) is 3. The Morgan fingerprint density at radius 3 is 2.53 bits per heavy atom. The number of nitrogens with zero attached hydrogens (tertiary/aromatic N) is 1. The van der Waals surface area contributed by atoms with Crippen LogP contribution in [-0.2, 0) is 0 Å². The number of aryl methyl sites for hydroxylation is 2. The number of furan rings is 1. The monoisotopic (exact) mass is 273 g/mol. The average molecular weight is 273 g/mol. The summed E-state index contributed by atoms with van der Waals surface area (Å²) in [5.41, 5.74) is 4.86. The lowest BCUT2D eigenvalue weighted by molar-refractivity contribution is 0.527. The van der Waals surface area contributed by atoms with Gasteiger partial charge in [-0.3, -0.25) is 5.43 Å². The van der Waals surface area contributed by atoms with E-state index in [1.807, 2.05) is 50.2 Å².